The van der Waals surface area contributed by atoms with Crippen LogP contribution in [0.2, 0.25) is 0 Å². The molecule has 76 valence electrons. The van der Waals surface area contributed by atoms with Crippen molar-refractivity contribution >= 4 is 5.82 Å². The van der Waals surface area contributed by atoms with Gasteiger partial charge >= 0.3 is 0 Å². The van der Waals surface area contributed by atoms with Crippen molar-refractivity contribution < 1.29 is 0 Å². The SMILES string of the molecule is Cc1ccc(-c2nccnc2NN)cn1. The van der Waals surface area contributed by atoms with E-state index < -0.39 is 0 Å². The Bertz CT molecular complexity index is 452. The number of pyridine rings is 1. The van der Waals surface area contributed by atoms with Crippen molar-refractivity contribution in [3.63, 3.8) is 0 Å². The van der Waals surface area contributed by atoms with Gasteiger partial charge < -0.3 is 5.43 Å². The molecule has 5 heteroatoms. The fourth-order valence-electron chi connectivity index (χ4n) is 1.26. The maximum absolute atomic E-state index is 5.34. The zero-order valence-electron chi connectivity index (χ0n) is 8.31. The molecule has 2 aromatic heterocycles. The number of aryl methyl sites for hydroxylation is 1. The van der Waals surface area contributed by atoms with Gasteiger partial charge in [0.2, 0.25) is 0 Å². The minimum atomic E-state index is 0.545. The first-order chi connectivity index (χ1) is 7.31. The molecule has 2 aromatic rings. The van der Waals surface area contributed by atoms with E-state index >= 15 is 0 Å². The number of hydrazine groups is 1. The van der Waals surface area contributed by atoms with Gasteiger partial charge in [0.15, 0.2) is 5.82 Å². The number of hydrogen-bond acceptors (Lipinski definition) is 5. The molecule has 0 amide bonds. The Morgan fingerprint density at radius 1 is 1.13 bits per heavy atom. The molecule has 0 spiro atoms. The Labute approximate surface area is 87.4 Å². The van der Waals surface area contributed by atoms with E-state index in [9.17, 15) is 0 Å². The average molecular weight is 201 g/mol. The lowest BCUT2D eigenvalue weighted by Crippen LogP contribution is -2.10. The van der Waals surface area contributed by atoms with E-state index in [1.54, 1.807) is 18.6 Å². The number of anilines is 1. The molecule has 5 nitrogen and oxygen atoms in total. The summed E-state index contributed by atoms with van der Waals surface area (Å²) in [6, 6.07) is 3.86. The summed E-state index contributed by atoms with van der Waals surface area (Å²) in [5, 5.41) is 0. The minimum absolute atomic E-state index is 0.545. The van der Waals surface area contributed by atoms with Crippen molar-refractivity contribution in [1.29, 1.82) is 0 Å². The molecule has 0 aliphatic heterocycles. The Kier molecular flexibility index (Phi) is 2.55. The zero-order chi connectivity index (χ0) is 10.7. The van der Waals surface area contributed by atoms with Crippen LogP contribution >= 0.6 is 0 Å². The van der Waals surface area contributed by atoms with Crippen LogP contribution in [0.3, 0.4) is 0 Å². The standard InChI is InChI=1S/C10H11N5/c1-7-2-3-8(6-14-7)9-10(15-11)13-5-4-12-9/h2-6H,11H2,1H3,(H,13,15). The molecule has 0 saturated heterocycles. The van der Waals surface area contributed by atoms with E-state index in [0.717, 1.165) is 11.3 Å². The van der Waals surface area contributed by atoms with E-state index in [1.807, 2.05) is 19.1 Å². The van der Waals surface area contributed by atoms with E-state index in [0.29, 0.717) is 11.5 Å². The topological polar surface area (TPSA) is 76.7 Å². The van der Waals surface area contributed by atoms with Crippen molar-refractivity contribution in [2.45, 2.75) is 6.92 Å². The number of rotatable bonds is 2. The van der Waals surface area contributed by atoms with Gasteiger partial charge in [-0.1, -0.05) is 0 Å². The molecule has 0 aromatic carbocycles. The quantitative estimate of drug-likeness (QED) is 0.562. The summed E-state index contributed by atoms with van der Waals surface area (Å²) in [6.45, 7) is 1.93. The molecule has 3 N–H and O–H groups in total. The second kappa shape index (κ2) is 4.02. The predicted octanol–water partition coefficient (Wildman–Crippen LogP) is 1.13. The van der Waals surface area contributed by atoms with Crippen molar-refractivity contribution in [1.82, 2.24) is 15.0 Å². The van der Waals surface area contributed by atoms with Gasteiger partial charge in [0.1, 0.15) is 5.69 Å². The van der Waals surface area contributed by atoms with Crippen molar-refractivity contribution in [2.24, 2.45) is 5.84 Å². The minimum Gasteiger partial charge on any atom is -0.307 e. The number of nitrogens with one attached hydrogen (secondary N) is 1. The van der Waals surface area contributed by atoms with Gasteiger partial charge in [0.05, 0.1) is 0 Å². The molecular weight excluding hydrogens is 190 g/mol. The number of aromatic nitrogens is 3. The number of nitrogens with two attached hydrogens (primary N) is 1. The van der Waals surface area contributed by atoms with Crippen LogP contribution in [0.15, 0.2) is 30.7 Å². The van der Waals surface area contributed by atoms with Crippen LogP contribution in [0.4, 0.5) is 5.82 Å². The third-order valence-corrected chi connectivity index (χ3v) is 2.02. The van der Waals surface area contributed by atoms with Crippen LogP contribution < -0.4 is 11.3 Å². The van der Waals surface area contributed by atoms with Gasteiger partial charge in [-0.15, -0.1) is 0 Å². The molecule has 0 radical (unpaired) electrons. The molecular formula is C10H11N5. The lowest BCUT2D eigenvalue weighted by atomic mass is 10.2. The second-order valence-corrected chi connectivity index (χ2v) is 3.09. The van der Waals surface area contributed by atoms with Crippen LogP contribution in [-0.4, -0.2) is 15.0 Å². The summed E-state index contributed by atoms with van der Waals surface area (Å²) in [7, 11) is 0. The molecule has 15 heavy (non-hydrogen) atoms. The Balaban J connectivity index is 2.49. The highest BCUT2D eigenvalue weighted by molar-refractivity contribution is 5.69. The number of nitrogens with zero attached hydrogens (tertiary/aromatic N) is 3. The number of nitrogen functional groups attached to an aromatic ring is 1. The summed E-state index contributed by atoms with van der Waals surface area (Å²) >= 11 is 0. The van der Waals surface area contributed by atoms with Gasteiger partial charge in [0.25, 0.3) is 0 Å². The molecule has 2 heterocycles. The van der Waals surface area contributed by atoms with Gasteiger partial charge in [-0.05, 0) is 19.1 Å². The summed E-state index contributed by atoms with van der Waals surface area (Å²) in [6.07, 6.45) is 4.95. The largest absolute Gasteiger partial charge is 0.307 e. The highest BCUT2D eigenvalue weighted by Crippen LogP contribution is 2.21. The molecule has 0 bridgehead atoms. The molecule has 2 rings (SSSR count). The molecule has 0 aliphatic rings. The first-order valence-corrected chi connectivity index (χ1v) is 4.52. The summed E-state index contributed by atoms with van der Waals surface area (Å²) in [5.74, 6) is 5.89. The molecule has 0 saturated carbocycles. The highest BCUT2D eigenvalue weighted by atomic mass is 15.3. The fraction of sp³-hybridized carbons (Fsp3) is 0.100. The van der Waals surface area contributed by atoms with E-state index in [4.69, 9.17) is 5.84 Å². The van der Waals surface area contributed by atoms with Crippen LogP contribution in [0.25, 0.3) is 11.3 Å². The maximum atomic E-state index is 5.34. The molecule has 0 unspecified atom stereocenters. The summed E-state index contributed by atoms with van der Waals surface area (Å²) in [4.78, 5) is 12.5. The van der Waals surface area contributed by atoms with Gasteiger partial charge in [-0.2, -0.15) is 0 Å². The second-order valence-electron chi connectivity index (χ2n) is 3.09. The first-order valence-electron chi connectivity index (χ1n) is 4.52. The molecule has 0 atom stereocenters. The molecule has 0 fully saturated rings. The summed E-state index contributed by atoms with van der Waals surface area (Å²) in [5.41, 5.74) is 5.06. The third-order valence-electron chi connectivity index (χ3n) is 2.02. The van der Waals surface area contributed by atoms with Crippen LogP contribution in [-0.2, 0) is 0 Å². The van der Waals surface area contributed by atoms with Crippen molar-refractivity contribution in [2.75, 3.05) is 5.43 Å². The number of hydrogen-bond donors (Lipinski definition) is 2. The lowest BCUT2D eigenvalue weighted by Gasteiger charge is -2.05. The first kappa shape index (κ1) is 9.54. The smallest absolute Gasteiger partial charge is 0.166 e. The van der Waals surface area contributed by atoms with Gasteiger partial charge in [0, 0.05) is 29.8 Å². The van der Waals surface area contributed by atoms with Crippen LogP contribution in [0.5, 0.6) is 0 Å². The predicted molar refractivity (Wildman–Crippen MR) is 57.8 cm³/mol. The summed E-state index contributed by atoms with van der Waals surface area (Å²) < 4.78 is 0. The van der Waals surface area contributed by atoms with Gasteiger partial charge in [-0.25, -0.2) is 10.8 Å². The van der Waals surface area contributed by atoms with E-state index in [1.165, 1.54) is 0 Å². The van der Waals surface area contributed by atoms with Crippen LogP contribution in [0, 0.1) is 6.92 Å². The highest BCUT2D eigenvalue weighted by Gasteiger charge is 2.05. The third kappa shape index (κ3) is 1.92. The normalized spacial score (nSPS) is 10.0. The van der Waals surface area contributed by atoms with E-state index in [2.05, 4.69) is 20.4 Å². The zero-order valence-corrected chi connectivity index (χ0v) is 8.31. The van der Waals surface area contributed by atoms with E-state index in [-0.39, 0.29) is 0 Å². The van der Waals surface area contributed by atoms with Crippen molar-refractivity contribution in [3.05, 3.63) is 36.4 Å². The van der Waals surface area contributed by atoms with Crippen LogP contribution in [0.1, 0.15) is 5.69 Å². The monoisotopic (exact) mass is 201 g/mol. The molecule has 0 aliphatic carbocycles. The Morgan fingerprint density at radius 2 is 1.93 bits per heavy atom. The van der Waals surface area contributed by atoms with Crippen molar-refractivity contribution in [3.8, 4) is 11.3 Å². The van der Waals surface area contributed by atoms with Gasteiger partial charge in [-0.3, -0.25) is 9.97 Å². The maximum Gasteiger partial charge on any atom is 0.166 e. The fourth-order valence-corrected chi connectivity index (χ4v) is 1.26. The lowest BCUT2D eigenvalue weighted by molar-refractivity contribution is 1.14. The average Bonchev–Trinajstić information content (AvgIpc) is 2.30. The Hall–Kier alpha value is -2.01. The Morgan fingerprint density at radius 3 is 2.60 bits per heavy atom.